The fourth-order valence-electron chi connectivity index (χ4n) is 3.53. The van der Waals surface area contributed by atoms with Crippen molar-refractivity contribution in [2.45, 2.75) is 39.0 Å². The van der Waals surface area contributed by atoms with E-state index in [-0.39, 0.29) is 24.0 Å². The van der Waals surface area contributed by atoms with Gasteiger partial charge < -0.3 is 10.2 Å². The molecule has 1 aromatic rings. The number of nitrogens with one attached hydrogen (secondary N) is 1. The molecule has 1 heterocycles. The van der Waals surface area contributed by atoms with E-state index in [1.54, 1.807) is 0 Å². The summed E-state index contributed by atoms with van der Waals surface area (Å²) in [7, 11) is 0. The minimum Gasteiger partial charge on any atom is -0.357 e. The van der Waals surface area contributed by atoms with Crippen LogP contribution in [-0.4, -0.2) is 37.0 Å². The molecule has 22 heavy (non-hydrogen) atoms. The van der Waals surface area contributed by atoms with Gasteiger partial charge in [0.2, 0.25) is 0 Å². The number of likely N-dealkylation sites (tertiary alicyclic amines) is 1. The molecule has 2 unspecified atom stereocenters. The molecule has 1 fully saturated rings. The van der Waals surface area contributed by atoms with Crippen LogP contribution in [0.15, 0.2) is 29.3 Å². The Morgan fingerprint density at radius 1 is 1.36 bits per heavy atom. The van der Waals surface area contributed by atoms with E-state index in [1.807, 2.05) is 0 Å². The average molecular weight is 413 g/mol. The number of benzene rings is 1. The molecule has 3 nitrogen and oxygen atoms in total. The van der Waals surface area contributed by atoms with E-state index < -0.39 is 0 Å². The topological polar surface area (TPSA) is 27.6 Å². The van der Waals surface area contributed by atoms with Crippen molar-refractivity contribution in [1.29, 1.82) is 0 Å². The number of piperidine rings is 1. The first-order valence-corrected chi connectivity index (χ1v) is 8.39. The Balaban J connectivity index is 0.00000176. The Kier molecular flexibility index (Phi) is 6.53. The molecule has 1 aliphatic heterocycles. The molecule has 2 aliphatic rings. The molecule has 1 N–H and O–H groups in total. The molecule has 0 bridgehead atoms. The van der Waals surface area contributed by atoms with Gasteiger partial charge in [0.25, 0.3) is 0 Å². The quantitative estimate of drug-likeness (QED) is 0.466. The largest absolute Gasteiger partial charge is 0.357 e. The molecular formula is C18H28IN3. The first-order chi connectivity index (χ1) is 10.3. The Morgan fingerprint density at radius 2 is 2.18 bits per heavy atom. The summed E-state index contributed by atoms with van der Waals surface area (Å²) in [4.78, 5) is 7.37. The number of rotatable bonds is 3. The molecule has 0 aromatic heterocycles. The average Bonchev–Trinajstić information content (AvgIpc) is 2.47. The van der Waals surface area contributed by atoms with E-state index in [4.69, 9.17) is 4.99 Å². The summed E-state index contributed by atoms with van der Waals surface area (Å²) >= 11 is 0. The van der Waals surface area contributed by atoms with E-state index in [0.29, 0.717) is 5.92 Å². The Bertz CT molecular complexity index is 515. The lowest BCUT2D eigenvalue weighted by Crippen LogP contribution is -2.46. The number of guanidine groups is 1. The van der Waals surface area contributed by atoms with Gasteiger partial charge in [0, 0.05) is 32.1 Å². The van der Waals surface area contributed by atoms with Crippen LogP contribution in [0.2, 0.25) is 0 Å². The maximum atomic E-state index is 4.92. The molecule has 0 saturated carbocycles. The smallest absolute Gasteiger partial charge is 0.193 e. The van der Waals surface area contributed by atoms with Crippen LogP contribution in [0.3, 0.4) is 0 Å². The lowest BCUT2D eigenvalue weighted by Gasteiger charge is -2.34. The Labute approximate surface area is 151 Å². The van der Waals surface area contributed by atoms with Crippen molar-refractivity contribution in [2.24, 2.45) is 10.9 Å². The molecule has 3 rings (SSSR count). The summed E-state index contributed by atoms with van der Waals surface area (Å²) in [5, 5.41) is 3.48. The summed E-state index contributed by atoms with van der Waals surface area (Å²) in [6, 6.07) is 8.78. The fraction of sp³-hybridized carbons (Fsp3) is 0.611. The highest BCUT2D eigenvalue weighted by Gasteiger charge is 2.26. The van der Waals surface area contributed by atoms with Crippen LogP contribution < -0.4 is 5.32 Å². The molecule has 0 spiro atoms. The SMILES string of the molecule is CCNC(=NCC1Cc2ccccc21)N1CCCC(C)C1.I. The second-order valence-electron chi connectivity index (χ2n) is 6.49. The van der Waals surface area contributed by atoms with Gasteiger partial charge in [-0.2, -0.15) is 0 Å². The van der Waals surface area contributed by atoms with E-state index in [9.17, 15) is 0 Å². The van der Waals surface area contributed by atoms with Crippen LogP contribution >= 0.6 is 24.0 Å². The first kappa shape index (κ1) is 17.6. The predicted molar refractivity (Wildman–Crippen MR) is 104 cm³/mol. The molecule has 4 heteroatoms. The van der Waals surface area contributed by atoms with Crippen LogP contribution in [-0.2, 0) is 6.42 Å². The molecule has 1 aromatic carbocycles. The van der Waals surface area contributed by atoms with Gasteiger partial charge in [-0.15, -0.1) is 24.0 Å². The monoisotopic (exact) mass is 413 g/mol. The van der Waals surface area contributed by atoms with Crippen molar-refractivity contribution < 1.29 is 0 Å². The zero-order chi connectivity index (χ0) is 14.7. The third-order valence-electron chi connectivity index (χ3n) is 4.71. The van der Waals surface area contributed by atoms with Gasteiger partial charge in [-0.25, -0.2) is 0 Å². The van der Waals surface area contributed by atoms with E-state index in [2.05, 4.69) is 48.3 Å². The van der Waals surface area contributed by atoms with E-state index >= 15 is 0 Å². The number of aliphatic imine (C=N–C) groups is 1. The number of hydrogen-bond acceptors (Lipinski definition) is 1. The Morgan fingerprint density at radius 3 is 2.91 bits per heavy atom. The summed E-state index contributed by atoms with van der Waals surface area (Å²) in [5.74, 6) is 2.53. The third kappa shape index (κ3) is 3.94. The summed E-state index contributed by atoms with van der Waals surface area (Å²) in [5.41, 5.74) is 3.01. The van der Waals surface area contributed by atoms with Gasteiger partial charge >= 0.3 is 0 Å². The highest BCUT2D eigenvalue weighted by Crippen LogP contribution is 2.34. The van der Waals surface area contributed by atoms with Crippen LogP contribution in [0.25, 0.3) is 0 Å². The van der Waals surface area contributed by atoms with Gasteiger partial charge in [0.05, 0.1) is 0 Å². The zero-order valence-electron chi connectivity index (χ0n) is 13.7. The summed E-state index contributed by atoms with van der Waals surface area (Å²) in [6.45, 7) is 8.67. The zero-order valence-corrected chi connectivity index (χ0v) is 16.0. The van der Waals surface area contributed by atoms with Gasteiger partial charge in [-0.3, -0.25) is 4.99 Å². The van der Waals surface area contributed by atoms with Gasteiger partial charge in [-0.05, 0) is 43.2 Å². The first-order valence-electron chi connectivity index (χ1n) is 8.39. The summed E-state index contributed by atoms with van der Waals surface area (Å²) < 4.78 is 0. The standard InChI is InChI=1S/C18H27N3.HI/c1-3-19-18(21-10-6-7-14(2)13-21)20-12-16-11-15-8-4-5-9-17(15)16;/h4-5,8-9,14,16H,3,6-7,10-13H2,1-2H3,(H,19,20);1H. The molecule has 2 atom stereocenters. The maximum absolute atomic E-state index is 4.92. The van der Waals surface area contributed by atoms with Crippen molar-refractivity contribution in [2.75, 3.05) is 26.2 Å². The number of hydrogen-bond donors (Lipinski definition) is 1. The summed E-state index contributed by atoms with van der Waals surface area (Å²) in [6.07, 6.45) is 3.83. The van der Waals surface area contributed by atoms with Crippen molar-refractivity contribution in [3.63, 3.8) is 0 Å². The molecule has 0 amide bonds. The molecule has 1 saturated heterocycles. The maximum Gasteiger partial charge on any atom is 0.193 e. The van der Waals surface area contributed by atoms with Crippen LogP contribution in [0.5, 0.6) is 0 Å². The number of fused-ring (bicyclic) bond motifs is 1. The second kappa shape index (κ2) is 8.18. The molecule has 1 aliphatic carbocycles. The molecule has 122 valence electrons. The Hall–Kier alpha value is -0.780. The van der Waals surface area contributed by atoms with Gasteiger partial charge in [0.1, 0.15) is 0 Å². The van der Waals surface area contributed by atoms with Crippen LogP contribution in [0.1, 0.15) is 43.7 Å². The van der Waals surface area contributed by atoms with E-state index in [1.165, 1.54) is 30.4 Å². The second-order valence-corrected chi connectivity index (χ2v) is 6.49. The highest BCUT2D eigenvalue weighted by atomic mass is 127. The predicted octanol–water partition coefficient (Wildman–Crippen LogP) is 3.64. The lowest BCUT2D eigenvalue weighted by atomic mass is 9.78. The third-order valence-corrected chi connectivity index (χ3v) is 4.71. The van der Waals surface area contributed by atoms with E-state index in [0.717, 1.165) is 38.1 Å². The minimum atomic E-state index is 0. The lowest BCUT2D eigenvalue weighted by molar-refractivity contribution is 0.265. The van der Waals surface area contributed by atoms with Crippen molar-refractivity contribution in [3.05, 3.63) is 35.4 Å². The molecule has 0 radical (unpaired) electrons. The van der Waals surface area contributed by atoms with Crippen LogP contribution in [0.4, 0.5) is 0 Å². The van der Waals surface area contributed by atoms with Crippen molar-refractivity contribution in [3.8, 4) is 0 Å². The normalized spacial score (nSPS) is 24.1. The highest BCUT2D eigenvalue weighted by molar-refractivity contribution is 14.0. The van der Waals surface area contributed by atoms with Crippen LogP contribution in [0, 0.1) is 5.92 Å². The van der Waals surface area contributed by atoms with Gasteiger partial charge in [-0.1, -0.05) is 31.2 Å². The van der Waals surface area contributed by atoms with Gasteiger partial charge in [0.15, 0.2) is 5.96 Å². The van der Waals surface area contributed by atoms with Crippen molar-refractivity contribution >= 4 is 29.9 Å². The fourth-order valence-corrected chi connectivity index (χ4v) is 3.53. The molecular weight excluding hydrogens is 385 g/mol. The minimum absolute atomic E-state index is 0. The van der Waals surface area contributed by atoms with Crippen molar-refractivity contribution in [1.82, 2.24) is 10.2 Å². The number of nitrogens with zero attached hydrogens (tertiary/aromatic N) is 2. The number of halogens is 1.